The van der Waals surface area contributed by atoms with Gasteiger partial charge >= 0.3 is 23.0 Å². The van der Waals surface area contributed by atoms with Crippen molar-refractivity contribution in [1.82, 2.24) is 0 Å². The first-order valence-electron chi connectivity index (χ1n) is 1.38. The predicted octanol–water partition coefficient (Wildman–Crippen LogP) is -0.453. The summed E-state index contributed by atoms with van der Waals surface area (Å²) in [5.74, 6) is 0. The van der Waals surface area contributed by atoms with Gasteiger partial charge in [0.25, 0.3) is 0 Å². The molecule has 0 aliphatic heterocycles. The zero-order valence-corrected chi connectivity index (χ0v) is 7.72. The molecule has 0 saturated carbocycles. The van der Waals surface area contributed by atoms with Crippen LogP contribution in [0.3, 0.4) is 0 Å². The van der Waals surface area contributed by atoms with E-state index in [0.29, 0.717) is 0 Å². The van der Waals surface area contributed by atoms with Gasteiger partial charge in [-0.1, -0.05) is 6.58 Å². The minimum atomic E-state index is -1.04. The fraction of sp³-hybridized carbons (Fsp3) is 0.333. The molecule has 7 heavy (non-hydrogen) atoms. The van der Waals surface area contributed by atoms with Crippen LogP contribution >= 0.6 is 34.8 Å². The maximum absolute atomic E-state index is 5.34. The van der Waals surface area contributed by atoms with Gasteiger partial charge in [0.1, 0.15) is 0 Å². The minimum absolute atomic E-state index is 0.455. The Labute approximate surface area is 68.1 Å². The monoisotopic (exact) mass is 271 g/mol. The van der Waals surface area contributed by atoms with E-state index in [2.05, 4.69) is 6.58 Å². The highest BCUT2D eigenvalue weighted by Crippen LogP contribution is 2.12. The van der Waals surface area contributed by atoms with Crippen LogP contribution in [0.4, 0.5) is 0 Å². The second kappa shape index (κ2) is 3.38. The highest BCUT2D eigenvalue weighted by Gasteiger charge is 2.34. The fourth-order valence-corrected chi connectivity index (χ4v) is 1.76. The molecule has 0 heterocycles. The van der Waals surface area contributed by atoms with Crippen molar-refractivity contribution in [2.45, 2.75) is 1.80 Å². The van der Waals surface area contributed by atoms with E-state index in [9.17, 15) is 0 Å². The van der Waals surface area contributed by atoms with E-state index in [1.165, 1.54) is 0 Å². The Kier molecular flexibility index (Phi) is 4.03. The Morgan fingerprint density at radius 3 is 1.86 bits per heavy atom. The van der Waals surface area contributed by atoms with Gasteiger partial charge in [-0.15, -0.1) is 0 Å². The third-order valence-corrected chi connectivity index (χ3v) is 3.01. The van der Waals surface area contributed by atoms with Crippen molar-refractivity contribution in [3.63, 3.8) is 0 Å². The molecular formula is C3H3Cl3I+. The molecule has 0 atom stereocenters. The summed E-state index contributed by atoms with van der Waals surface area (Å²) >= 11 is 15.6. The molecule has 0 bridgehead atoms. The highest BCUT2D eigenvalue weighted by molar-refractivity contribution is 6.65. The van der Waals surface area contributed by atoms with Crippen molar-refractivity contribution in [1.29, 1.82) is 0 Å². The van der Waals surface area contributed by atoms with Gasteiger partial charge in [-0.3, -0.25) is 0 Å². The molecule has 0 spiro atoms. The van der Waals surface area contributed by atoms with Crippen molar-refractivity contribution in [3.05, 3.63) is 10.7 Å². The number of rotatable bonds is 1. The van der Waals surface area contributed by atoms with Crippen LogP contribution in [0.1, 0.15) is 0 Å². The molecule has 0 rings (SSSR count). The van der Waals surface area contributed by atoms with E-state index in [1.54, 1.807) is 4.08 Å². The SMILES string of the molecule is C=C[I+]C(Cl)(Cl)Cl. The molecule has 0 saturated heterocycles. The topological polar surface area (TPSA) is 0 Å². The fourth-order valence-electron chi connectivity index (χ4n) is 0.0875. The zero-order chi connectivity index (χ0) is 5.91. The first-order valence-corrected chi connectivity index (χ1v) is 4.84. The maximum Gasteiger partial charge on any atom is 0.390 e. The molecule has 0 aromatic heterocycles. The minimum Gasteiger partial charge on any atom is -0.0528 e. The van der Waals surface area contributed by atoms with Gasteiger partial charge < -0.3 is 0 Å². The van der Waals surface area contributed by atoms with E-state index >= 15 is 0 Å². The van der Waals surface area contributed by atoms with Crippen molar-refractivity contribution >= 4 is 34.8 Å². The third kappa shape index (κ3) is 7.34. The Hall–Kier alpha value is 1.34. The quantitative estimate of drug-likeness (QED) is 0.448. The summed E-state index contributed by atoms with van der Waals surface area (Å²) in [5, 5.41) is 0. The predicted molar refractivity (Wildman–Crippen MR) is 30.5 cm³/mol. The number of hydrogen-bond donors (Lipinski definition) is 0. The van der Waals surface area contributed by atoms with Crippen molar-refractivity contribution < 1.29 is 21.2 Å². The van der Waals surface area contributed by atoms with Crippen LogP contribution in [0.25, 0.3) is 0 Å². The van der Waals surface area contributed by atoms with Crippen LogP contribution in [0, 0.1) is 0 Å². The van der Waals surface area contributed by atoms with Gasteiger partial charge in [-0.2, -0.15) is 0 Å². The lowest BCUT2D eigenvalue weighted by atomic mass is 11.3. The van der Waals surface area contributed by atoms with Gasteiger partial charge in [-0.25, -0.2) is 0 Å². The summed E-state index contributed by atoms with van der Waals surface area (Å²) in [4.78, 5) is 0. The van der Waals surface area contributed by atoms with Crippen molar-refractivity contribution in [3.8, 4) is 0 Å². The van der Waals surface area contributed by atoms with Crippen molar-refractivity contribution in [2.24, 2.45) is 0 Å². The molecule has 0 nitrogen and oxygen atoms in total. The average Bonchev–Trinajstić information content (AvgIpc) is 1.30. The molecule has 0 unspecified atom stereocenters. The van der Waals surface area contributed by atoms with E-state index in [1.807, 2.05) is 0 Å². The van der Waals surface area contributed by atoms with Crippen LogP contribution < -0.4 is 21.2 Å². The van der Waals surface area contributed by atoms with Gasteiger partial charge in [-0.05, 0) is 34.8 Å². The second-order valence-corrected chi connectivity index (χ2v) is 8.01. The zero-order valence-electron chi connectivity index (χ0n) is 3.30. The van der Waals surface area contributed by atoms with E-state index in [-0.39, 0.29) is 0 Å². The normalized spacial score (nSPS) is 11.3. The lowest BCUT2D eigenvalue weighted by molar-refractivity contribution is -0.599. The molecule has 42 valence electrons. The van der Waals surface area contributed by atoms with Crippen molar-refractivity contribution in [2.75, 3.05) is 0 Å². The van der Waals surface area contributed by atoms with E-state index in [0.717, 1.165) is 0 Å². The van der Waals surface area contributed by atoms with Crippen LogP contribution in [-0.4, -0.2) is 1.80 Å². The summed E-state index contributed by atoms with van der Waals surface area (Å²) in [6.07, 6.45) is 0. The van der Waals surface area contributed by atoms with Crippen LogP contribution in [0.5, 0.6) is 0 Å². The first kappa shape index (κ1) is 8.34. The summed E-state index contributed by atoms with van der Waals surface area (Å²) in [5.41, 5.74) is 0. The van der Waals surface area contributed by atoms with Crippen LogP contribution in [0.15, 0.2) is 10.7 Å². The molecule has 0 aliphatic rings. The molecule has 0 aromatic carbocycles. The lowest BCUT2D eigenvalue weighted by Crippen LogP contribution is -3.63. The molecular weight excluding hydrogens is 269 g/mol. The Morgan fingerprint density at radius 2 is 1.86 bits per heavy atom. The number of halogens is 4. The number of hydrogen-bond acceptors (Lipinski definition) is 0. The standard InChI is InChI=1S/C3H3Cl3I/c1-2-7-3(4,5)6/h2H,1H2/q+1. The highest BCUT2D eigenvalue weighted by atomic mass is 127. The summed E-state index contributed by atoms with van der Waals surface area (Å²) in [6.45, 7) is 3.44. The van der Waals surface area contributed by atoms with E-state index in [4.69, 9.17) is 34.8 Å². The molecule has 0 radical (unpaired) electrons. The summed E-state index contributed by atoms with van der Waals surface area (Å²) in [7, 11) is 0. The van der Waals surface area contributed by atoms with Crippen LogP contribution in [-0.2, 0) is 0 Å². The molecule has 4 heteroatoms. The van der Waals surface area contributed by atoms with E-state index < -0.39 is 23.0 Å². The van der Waals surface area contributed by atoms with Gasteiger partial charge in [0, 0.05) is 0 Å². The van der Waals surface area contributed by atoms with Gasteiger partial charge in [0.15, 0.2) is 4.08 Å². The lowest BCUT2D eigenvalue weighted by Gasteiger charge is -1.86. The molecule has 0 N–H and O–H groups in total. The Morgan fingerprint density at radius 1 is 1.43 bits per heavy atom. The van der Waals surface area contributed by atoms with Gasteiger partial charge in [0.2, 0.25) is 0 Å². The third-order valence-electron chi connectivity index (χ3n) is 0.201. The Balaban J connectivity index is 3.34. The Bertz CT molecular complexity index is 65.1. The maximum atomic E-state index is 5.34. The smallest absolute Gasteiger partial charge is 0.0528 e. The number of alkyl halides is 4. The van der Waals surface area contributed by atoms with Crippen LogP contribution in [0.2, 0.25) is 0 Å². The first-order chi connectivity index (χ1) is 3.06. The second-order valence-electron chi connectivity index (χ2n) is 0.692. The molecule has 0 aromatic rings. The molecule has 0 fully saturated rings. The summed E-state index contributed by atoms with van der Waals surface area (Å²) in [6, 6.07) is 0. The summed E-state index contributed by atoms with van der Waals surface area (Å²) < 4.78 is 0.631. The van der Waals surface area contributed by atoms with Gasteiger partial charge in [0.05, 0.1) is 0 Å². The average molecular weight is 272 g/mol. The molecule has 0 amide bonds. The largest absolute Gasteiger partial charge is 0.390 e. The molecule has 0 aliphatic carbocycles.